The van der Waals surface area contributed by atoms with E-state index >= 15 is 4.39 Å². The van der Waals surface area contributed by atoms with Crippen LogP contribution in [0.2, 0.25) is 0 Å². The number of nitrogens with zero attached hydrogens (tertiary/aromatic N) is 7. The molecule has 3 aromatic rings. The highest BCUT2D eigenvalue weighted by Gasteiger charge is 2.36. The zero-order valence-electron chi connectivity index (χ0n) is 26.6. The number of rotatable bonds is 6. The number of halogens is 1. The molecule has 2 saturated heterocycles. The van der Waals surface area contributed by atoms with E-state index in [1.165, 1.54) is 6.07 Å². The minimum Gasteiger partial charge on any atom is -0.462 e. The van der Waals surface area contributed by atoms with Crippen LogP contribution < -0.4 is 14.5 Å². The third-order valence-corrected chi connectivity index (χ3v) is 9.00. The highest BCUT2D eigenvalue weighted by atomic mass is 19.1. The Morgan fingerprint density at radius 1 is 1.07 bits per heavy atom. The van der Waals surface area contributed by atoms with E-state index in [0.717, 1.165) is 47.2 Å². The molecule has 0 aliphatic carbocycles. The van der Waals surface area contributed by atoms with Gasteiger partial charge in [-0.2, -0.15) is 15.2 Å². The van der Waals surface area contributed by atoms with Gasteiger partial charge in [-0.3, -0.25) is 0 Å². The van der Waals surface area contributed by atoms with Crippen molar-refractivity contribution in [1.82, 2.24) is 19.8 Å². The quantitative estimate of drug-likeness (QED) is 0.373. The number of nitriles is 1. The summed E-state index contributed by atoms with van der Waals surface area (Å²) in [7, 11) is 2.11. The molecule has 0 N–H and O–H groups in total. The van der Waals surface area contributed by atoms with Crippen LogP contribution in [0.15, 0.2) is 36.4 Å². The van der Waals surface area contributed by atoms with Crippen LogP contribution in [0, 0.1) is 17.1 Å². The number of likely N-dealkylation sites (N-methyl/N-ethyl adjacent to an activating group) is 1. The molecule has 2 atom stereocenters. The van der Waals surface area contributed by atoms with Gasteiger partial charge >= 0.3 is 12.1 Å². The Hall–Kier alpha value is -4.17. The SMILES string of the molecule is CN1CCC[C@H]1COc1nc2c(c(N3CCN(C(=O)OC(C)(C)C)C(CC#N)C3)n1)CCN(c1c(F)ccc3ccccc13)C2. The summed E-state index contributed by atoms with van der Waals surface area (Å²) in [5.41, 5.74) is 1.75. The number of hydrogen-bond donors (Lipinski definition) is 0. The Morgan fingerprint density at radius 3 is 2.64 bits per heavy atom. The van der Waals surface area contributed by atoms with E-state index in [4.69, 9.17) is 19.4 Å². The fraction of sp³-hybridized carbons (Fsp3) is 0.529. The molecule has 1 aromatic heterocycles. The Bertz CT molecular complexity index is 1600. The van der Waals surface area contributed by atoms with E-state index in [1.807, 2.05) is 51.1 Å². The van der Waals surface area contributed by atoms with Crippen molar-refractivity contribution in [3.05, 3.63) is 53.5 Å². The summed E-state index contributed by atoms with van der Waals surface area (Å²) in [5, 5.41) is 11.5. The summed E-state index contributed by atoms with van der Waals surface area (Å²) in [6.45, 7) is 9.41. The predicted molar refractivity (Wildman–Crippen MR) is 171 cm³/mol. The molecule has 0 spiro atoms. The third kappa shape index (κ3) is 6.61. The average Bonchev–Trinajstić information content (AvgIpc) is 3.42. The fourth-order valence-electron chi connectivity index (χ4n) is 6.70. The number of likely N-dealkylation sites (tertiary alicyclic amines) is 1. The van der Waals surface area contributed by atoms with Gasteiger partial charge < -0.3 is 29.1 Å². The molecule has 6 rings (SSSR count). The molecule has 45 heavy (non-hydrogen) atoms. The summed E-state index contributed by atoms with van der Waals surface area (Å²) in [6.07, 6.45) is 2.58. The first kappa shape index (κ1) is 30.8. The molecule has 11 heteroatoms. The van der Waals surface area contributed by atoms with Crippen molar-refractivity contribution < 1.29 is 18.7 Å². The average molecular weight is 616 g/mol. The Balaban J connectivity index is 1.32. The second-order valence-electron chi connectivity index (χ2n) is 13.3. The van der Waals surface area contributed by atoms with Gasteiger partial charge in [0.25, 0.3) is 0 Å². The number of aromatic nitrogens is 2. The smallest absolute Gasteiger partial charge is 0.410 e. The Kier molecular flexibility index (Phi) is 8.69. The predicted octanol–water partition coefficient (Wildman–Crippen LogP) is 5.14. The van der Waals surface area contributed by atoms with E-state index in [-0.39, 0.29) is 18.3 Å². The monoisotopic (exact) mass is 615 g/mol. The van der Waals surface area contributed by atoms with Gasteiger partial charge in [0.15, 0.2) is 0 Å². The largest absolute Gasteiger partial charge is 0.462 e. The number of benzene rings is 2. The van der Waals surface area contributed by atoms with Crippen LogP contribution in [-0.2, 0) is 17.7 Å². The number of carbonyl (C=O) groups is 1. The molecule has 0 bridgehead atoms. The maximum Gasteiger partial charge on any atom is 0.410 e. The van der Waals surface area contributed by atoms with Gasteiger partial charge in [0.1, 0.15) is 23.8 Å². The number of amides is 1. The van der Waals surface area contributed by atoms with Gasteiger partial charge in [0.2, 0.25) is 0 Å². The number of piperazine rings is 1. The molecule has 3 aliphatic rings. The van der Waals surface area contributed by atoms with Crippen molar-refractivity contribution in [2.24, 2.45) is 0 Å². The first-order chi connectivity index (χ1) is 21.6. The lowest BCUT2D eigenvalue weighted by atomic mass is 10.0. The summed E-state index contributed by atoms with van der Waals surface area (Å²) >= 11 is 0. The standard InChI is InChI=1S/C34H42FN7O3/c1-34(2,3)45-33(43)42-19-18-41(20-24(42)13-15-36)31-27-14-17-40(30-26-10-6-5-8-23(26)11-12-28(30)35)21-29(27)37-32(38-31)44-22-25-9-7-16-39(25)4/h5-6,8,10-12,24-25H,7,9,13-14,16-22H2,1-4H3/t24?,25-/m0/s1. The van der Waals surface area contributed by atoms with Crippen LogP contribution in [-0.4, -0.2) is 89.9 Å². The maximum absolute atomic E-state index is 15.4. The molecule has 4 heterocycles. The van der Waals surface area contributed by atoms with Gasteiger partial charge in [0, 0.05) is 43.2 Å². The van der Waals surface area contributed by atoms with Crippen LogP contribution in [0.1, 0.15) is 51.3 Å². The normalized spacial score (nSPS) is 20.7. The summed E-state index contributed by atoms with van der Waals surface area (Å²) in [4.78, 5) is 31.1. The molecular formula is C34H42FN7O3. The Morgan fingerprint density at radius 2 is 1.89 bits per heavy atom. The minimum absolute atomic E-state index is 0.175. The van der Waals surface area contributed by atoms with Crippen molar-refractivity contribution in [1.29, 1.82) is 5.26 Å². The first-order valence-corrected chi connectivity index (χ1v) is 15.9. The molecule has 10 nitrogen and oxygen atoms in total. The van der Waals surface area contributed by atoms with E-state index in [1.54, 1.807) is 4.90 Å². The summed E-state index contributed by atoms with van der Waals surface area (Å²) in [5.74, 6) is 0.504. The van der Waals surface area contributed by atoms with Crippen molar-refractivity contribution in [3.8, 4) is 12.1 Å². The van der Waals surface area contributed by atoms with Crippen molar-refractivity contribution in [3.63, 3.8) is 0 Å². The number of carbonyl (C=O) groups excluding carboxylic acids is 1. The maximum atomic E-state index is 15.4. The molecule has 0 radical (unpaired) electrons. The van der Waals surface area contributed by atoms with Crippen LogP contribution in [0.5, 0.6) is 6.01 Å². The molecule has 3 aliphatic heterocycles. The zero-order chi connectivity index (χ0) is 31.7. The van der Waals surface area contributed by atoms with E-state index in [2.05, 4.69) is 27.8 Å². The van der Waals surface area contributed by atoms with Crippen LogP contribution >= 0.6 is 0 Å². The van der Waals surface area contributed by atoms with Gasteiger partial charge in [0.05, 0.1) is 36.5 Å². The minimum atomic E-state index is -0.633. The lowest BCUT2D eigenvalue weighted by Gasteiger charge is -2.42. The molecule has 1 amide bonds. The van der Waals surface area contributed by atoms with Crippen molar-refractivity contribution >= 4 is 28.4 Å². The lowest BCUT2D eigenvalue weighted by molar-refractivity contribution is 0.0144. The van der Waals surface area contributed by atoms with Gasteiger partial charge in [-0.15, -0.1) is 0 Å². The van der Waals surface area contributed by atoms with Gasteiger partial charge in [-0.25, -0.2) is 9.18 Å². The number of anilines is 2. The summed E-state index contributed by atoms with van der Waals surface area (Å²) in [6, 6.07) is 13.7. The highest BCUT2D eigenvalue weighted by Crippen LogP contribution is 2.36. The molecule has 2 fully saturated rings. The fourth-order valence-corrected chi connectivity index (χ4v) is 6.70. The van der Waals surface area contributed by atoms with Crippen LogP contribution in [0.25, 0.3) is 10.8 Å². The molecule has 238 valence electrons. The van der Waals surface area contributed by atoms with Crippen molar-refractivity contribution in [2.45, 2.75) is 70.7 Å². The van der Waals surface area contributed by atoms with Crippen LogP contribution in [0.3, 0.4) is 0 Å². The van der Waals surface area contributed by atoms with Gasteiger partial charge in [-0.05, 0) is 65.1 Å². The lowest BCUT2D eigenvalue weighted by Crippen LogP contribution is -2.56. The number of ether oxygens (including phenoxy) is 2. The third-order valence-electron chi connectivity index (χ3n) is 9.00. The molecular weight excluding hydrogens is 573 g/mol. The second-order valence-corrected chi connectivity index (χ2v) is 13.3. The highest BCUT2D eigenvalue weighted by molar-refractivity contribution is 5.94. The molecule has 2 aromatic carbocycles. The zero-order valence-corrected chi connectivity index (χ0v) is 26.6. The first-order valence-electron chi connectivity index (χ1n) is 15.9. The van der Waals surface area contributed by atoms with E-state index < -0.39 is 11.7 Å². The number of hydrogen-bond acceptors (Lipinski definition) is 9. The van der Waals surface area contributed by atoms with Gasteiger partial charge in [-0.1, -0.05) is 30.3 Å². The topological polar surface area (TPSA) is 98.1 Å². The number of fused-ring (bicyclic) bond motifs is 2. The van der Waals surface area contributed by atoms with E-state index in [0.29, 0.717) is 63.5 Å². The van der Waals surface area contributed by atoms with Crippen molar-refractivity contribution in [2.75, 3.05) is 56.2 Å². The molecule has 0 saturated carbocycles. The second kappa shape index (κ2) is 12.7. The summed E-state index contributed by atoms with van der Waals surface area (Å²) < 4.78 is 27.3. The Labute approximate surface area is 264 Å². The van der Waals surface area contributed by atoms with E-state index in [9.17, 15) is 10.1 Å². The molecule has 1 unspecified atom stereocenters. The van der Waals surface area contributed by atoms with Crippen LogP contribution in [0.4, 0.5) is 20.7 Å².